The molecule has 1 fully saturated rings. The van der Waals surface area contributed by atoms with Crippen LogP contribution < -0.4 is 5.32 Å². The van der Waals surface area contributed by atoms with Crippen LogP contribution in [0.4, 0.5) is 0 Å². The van der Waals surface area contributed by atoms with Crippen LogP contribution in [0.1, 0.15) is 13.3 Å². The maximum atomic E-state index is 11.0. The molecule has 6 heteroatoms. The molecule has 0 aromatic heterocycles. The summed E-state index contributed by atoms with van der Waals surface area (Å²) in [5, 5.41) is 31.1. The van der Waals surface area contributed by atoms with Gasteiger partial charge in [-0.1, -0.05) is 0 Å². The van der Waals surface area contributed by atoms with Gasteiger partial charge in [0.15, 0.2) is 0 Å². The molecule has 0 aromatic rings. The lowest BCUT2D eigenvalue weighted by Crippen LogP contribution is -2.61. The lowest BCUT2D eigenvalue weighted by atomic mass is 9.79. The first-order chi connectivity index (χ1) is 7.51. The van der Waals surface area contributed by atoms with E-state index in [-0.39, 0.29) is 12.5 Å². The summed E-state index contributed by atoms with van der Waals surface area (Å²) in [4.78, 5) is 11.0. The van der Waals surface area contributed by atoms with E-state index < -0.39 is 30.3 Å². The molecule has 5 unspecified atom stereocenters. The second-order valence-electron chi connectivity index (χ2n) is 4.16. The van der Waals surface area contributed by atoms with Crippen LogP contribution in [0, 0.1) is 5.92 Å². The van der Waals surface area contributed by atoms with Crippen molar-refractivity contribution in [2.24, 2.45) is 5.92 Å². The molecule has 0 heterocycles. The molecule has 0 saturated heterocycles. The van der Waals surface area contributed by atoms with Gasteiger partial charge in [0.1, 0.15) is 6.10 Å². The Morgan fingerprint density at radius 2 is 2.06 bits per heavy atom. The summed E-state index contributed by atoms with van der Waals surface area (Å²) in [5.74, 6) is -0.717. The molecule has 0 aliphatic heterocycles. The fourth-order valence-electron chi connectivity index (χ4n) is 2.13. The van der Waals surface area contributed by atoms with Crippen molar-refractivity contribution in [3.05, 3.63) is 0 Å². The standard InChI is InChI=1S/C10H19NO5/c1-5(13)11-8-7(16-2)3-6(4-12)9(14)10(8)15/h6-10,12,14-15H,3-4H2,1-2H3,(H,11,13). The van der Waals surface area contributed by atoms with Gasteiger partial charge in [0, 0.05) is 26.6 Å². The normalized spacial score (nSPS) is 39.4. The van der Waals surface area contributed by atoms with Crippen molar-refractivity contribution in [3.8, 4) is 0 Å². The Kier molecular flexibility index (Phi) is 4.67. The molecule has 0 radical (unpaired) electrons. The molecule has 6 nitrogen and oxygen atoms in total. The van der Waals surface area contributed by atoms with Crippen molar-refractivity contribution in [3.63, 3.8) is 0 Å². The maximum absolute atomic E-state index is 11.0. The Hall–Kier alpha value is -0.690. The number of carbonyl (C=O) groups is 1. The van der Waals surface area contributed by atoms with Crippen LogP contribution in [0.5, 0.6) is 0 Å². The van der Waals surface area contributed by atoms with Crippen molar-refractivity contribution < 1.29 is 24.9 Å². The quantitative estimate of drug-likeness (QED) is 0.463. The monoisotopic (exact) mass is 233 g/mol. The van der Waals surface area contributed by atoms with E-state index in [1.165, 1.54) is 14.0 Å². The second kappa shape index (κ2) is 5.58. The molecule has 0 spiro atoms. The predicted octanol–water partition coefficient (Wildman–Crippen LogP) is -1.76. The number of ether oxygens (including phenoxy) is 1. The van der Waals surface area contributed by atoms with Crippen LogP contribution in [-0.2, 0) is 9.53 Å². The number of aliphatic hydroxyl groups excluding tert-OH is 3. The molecule has 94 valence electrons. The van der Waals surface area contributed by atoms with Gasteiger partial charge in [-0.05, 0) is 6.42 Å². The molecular weight excluding hydrogens is 214 g/mol. The summed E-state index contributed by atoms with van der Waals surface area (Å²) >= 11 is 0. The van der Waals surface area contributed by atoms with Gasteiger partial charge in [-0.3, -0.25) is 4.79 Å². The Balaban J connectivity index is 2.77. The zero-order chi connectivity index (χ0) is 12.3. The number of nitrogens with one attached hydrogen (secondary N) is 1. The van der Waals surface area contributed by atoms with Crippen LogP contribution in [0.15, 0.2) is 0 Å². The minimum atomic E-state index is -1.13. The van der Waals surface area contributed by atoms with Gasteiger partial charge in [-0.15, -0.1) is 0 Å². The average Bonchev–Trinajstić information content (AvgIpc) is 2.25. The summed E-state index contributed by atoms with van der Waals surface area (Å²) in [7, 11) is 1.47. The first-order valence-electron chi connectivity index (χ1n) is 5.28. The molecule has 1 aliphatic carbocycles. The molecule has 1 amide bonds. The maximum Gasteiger partial charge on any atom is 0.217 e. The number of amides is 1. The highest BCUT2D eigenvalue weighted by molar-refractivity contribution is 5.73. The van der Waals surface area contributed by atoms with Gasteiger partial charge in [0.25, 0.3) is 0 Å². The molecule has 0 bridgehead atoms. The third kappa shape index (κ3) is 2.70. The van der Waals surface area contributed by atoms with Gasteiger partial charge in [-0.2, -0.15) is 0 Å². The highest BCUT2D eigenvalue weighted by Crippen LogP contribution is 2.27. The van der Waals surface area contributed by atoms with Crippen LogP contribution in [-0.4, -0.2) is 59.3 Å². The topological polar surface area (TPSA) is 99.0 Å². The minimum absolute atomic E-state index is 0.217. The molecule has 16 heavy (non-hydrogen) atoms. The molecule has 1 aliphatic rings. The Morgan fingerprint density at radius 3 is 2.50 bits per heavy atom. The predicted molar refractivity (Wildman–Crippen MR) is 55.6 cm³/mol. The van der Waals surface area contributed by atoms with Crippen molar-refractivity contribution in [2.75, 3.05) is 13.7 Å². The first-order valence-corrected chi connectivity index (χ1v) is 5.28. The number of aliphatic hydroxyl groups is 3. The van der Waals surface area contributed by atoms with Crippen LogP contribution >= 0.6 is 0 Å². The number of carbonyl (C=O) groups excluding carboxylic acids is 1. The van der Waals surface area contributed by atoms with E-state index in [1.807, 2.05) is 0 Å². The molecule has 5 atom stereocenters. The van der Waals surface area contributed by atoms with Gasteiger partial charge < -0.3 is 25.4 Å². The Labute approximate surface area is 94.2 Å². The average molecular weight is 233 g/mol. The van der Waals surface area contributed by atoms with Gasteiger partial charge in [0.05, 0.1) is 18.2 Å². The van der Waals surface area contributed by atoms with Crippen LogP contribution in [0.2, 0.25) is 0 Å². The third-order valence-corrected chi connectivity index (χ3v) is 3.04. The number of rotatable bonds is 3. The molecule has 4 N–H and O–H groups in total. The van der Waals surface area contributed by atoms with Gasteiger partial charge in [-0.25, -0.2) is 0 Å². The highest BCUT2D eigenvalue weighted by Gasteiger charge is 2.43. The summed E-state index contributed by atoms with van der Waals surface area (Å²) in [6, 6.07) is -0.639. The van der Waals surface area contributed by atoms with Crippen molar-refractivity contribution in [1.29, 1.82) is 0 Å². The van der Waals surface area contributed by atoms with E-state index >= 15 is 0 Å². The molecular formula is C10H19NO5. The lowest BCUT2D eigenvalue weighted by Gasteiger charge is -2.41. The zero-order valence-electron chi connectivity index (χ0n) is 9.46. The van der Waals surface area contributed by atoms with E-state index in [0.717, 1.165) is 0 Å². The highest BCUT2D eigenvalue weighted by atomic mass is 16.5. The number of hydrogen-bond donors (Lipinski definition) is 4. The van der Waals surface area contributed by atoms with Crippen molar-refractivity contribution >= 4 is 5.91 Å². The van der Waals surface area contributed by atoms with E-state index in [4.69, 9.17) is 9.84 Å². The summed E-state index contributed by atoms with van der Waals surface area (Å²) in [6.07, 6.45) is -2.18. The molecule has 1 saturated carbocycles. The largest absolute Gasteiger partial charge is 0.396 e. The van der Waals surface area contributed by atoms with Crippen molar-refractivity contribution in [2.45, 2.75) is 37.7 Å². The molecule has 1 rings (SSSR count). The fraction of sp³-hybridized carbons (Fsp3) is 0.900. The van der Waals surface area contributed by atoms with E-state index in [9.17, 15) is 15.0 Å². The molecule has 0 aromatic carbocycles. The first kappa shape index (κ1) is 13.4. The van der Waals surface area contributed by atoms with Gasteiger partial charge in [0.2, 0.25) is 5.91 Å². The smallest absolute Gasteiger partial charge is 0.217 e. The zero-order valence-corrected chi connectivity index (χ0v) is 9.46. The van der Waals surface area contributed by atoms with E-state index in [2.05, 4.69) is 5.32 Å². The van der Waals surface area contributed by atoms with Crippen molar-refractivity contribution in [1.82, 2.24) is 5.32 Å². The number of methoxy groups -OCH3 is 1. The second-order valence-corrected chi connectivity index (χ2v) is 4.16. The lowest BCUT2D eigenvalue weighted by molar-refractivity contribution is -0.137. The Morgan fingerprint density at radius 1 is 1.44 bits per heavy atom. The fourth-order valence-corrected chi connectivity index (χ4v) is 2.13. The van der Waals surface area contributed by atoms with Crippen LogP contribution in [0.25, 0.3) is 0 Å². The van der Waals surface area contributed by atoms with Gasteiger partial charge >= 0.3 is 0 Å². The summed E-state index contributed by atoms with van der Waals surface area (Å²) in [6.45, 7) is 1.12. The summed E-state index contributed by atoms with van der Waals surface area (Å²) < 4.78 is 5.16. The van der Waals surface area contributed by atoms with E-state index in [1.54, 1.807) is 0 Å². The van der Waals surface area contributed by atoms with E-state index in [0.29, 0.717) is 6.42 Å². The SMILES string of the molecule is COC1CC(CO)C(O)C(O)C1NC(C)=O. The minimum Gasteiger partial charge on any atom is -0.396 e. The summed E-state index contributed by atoms with van der Waals surface area (Å²) in [5.41, 5.74) is 0. The Bertz CT molecular complexity index is 245. The van der Waals surface area contributed by atoms with Crippen LogP contribution in [0.3, 0.4) is 0 Å². The number of hydrogen-bond acceptors (Lipinski definition) is 5. The third-order valence-electron chi connectivity index (χ3n) is 3.04.